The zero-order chi connectivity index (χ0) is 14.8. The number of hydrogen-bond donors (Lipinski definition) is 1. The van der Waals surface area contributed by atoms with Gasteiger partial charge in [0, 0.05) is 13.6 Å². The number of rotatable bonds is 5. The van der Waals surface area contributed by atoms with Gasteiger partial charge < -0.3 is 5.11 Å². The van der Waals surface area contributed by atoms with Crippen LogP contribution in [0.2, 0.25) is 10.0 Å². The highest BCUT2D eigenvalue weighted by molar-refractivity contribution is 7.89. The molecule has 0 amide bonds. The van der Waals surface area contributed by atoms with Gasteiger partial charge in [0.2, 0.25) is 10.0 Å². The first-order valence-corrected chi connectivity index (χ1v) is 7.19. The zero-order valence-electron chi connectivity index (χ0n) is 9.73. The molecule has 9 heteroatoms. The van der Waals surface area contributed by atoms with Crippen molar-refractivity contribution in [1.29, 1.82) is 0 Å². The smallest absolute Gasteiger partial charge is 0.304 e. The maximum atomic E-state index is 13.5. The fourth-order valence-electron chi connectivity index (χ4n) is 1.25. The highest BCUT2D eigenvalue weighted by Crippen LogP contribution is 2.30. The summed E-state index contributed by atoms with van der Waals surface area (Å²) < 4.78 is 38.4. The van der Waals surface area contributed by atoms with E-state index in [-0.39, 0.29) is 18.0 Å². The van der Waals surface area contributed by atoms with Crippen LogP contribution in [0.15, 0.2) is 17.0 Å². The Morgan fingerprint density at radius 1 is 1.42 bits per heavy atom. The molecule has 1 aromatic rings. The molecule has 1 rings (SSSR count). The Labute approximate surface area is 119 Å². The topological polar surface area (TPSA) is 74.7 Å². The molecule has 106 valence electrons. The lowest BCUT2D eigenvalue weighted by Gasteiger charge is -2.17. The van der Waals surface area contributed by atoms with Crippen molar-refractivity contribution in [2.45, 2.75) is 11.3 Å². The molecule has 0 fully saturated rings. The first-order chi connectivity index (χ1) is 8.67. The Morgan fingerprint density at radius 2 is 2.00 bits per heavy atom. The summed E-state index contributed by atoms with van der Waals surface area (Å²) in [5.74, 6) is -2.17. The van der Waals surface area contributed by atoms with Crippen LogP contribution in [0.1, 0.15) is 6.42 Å². The van der Waals surface area contributed by atoms with Crippen LogP contribution in [0.25, 0.3) is 0 Å². The molecule has 0 aliphatic carbocycles. The van der Waals surface area contributed by atoms with E-state index in [4.69, 9.17) is 28.3 Å². The van der Waals surface area contributed by atoms with Gasteiger partial charge in [0.1, 0.15) is 4.90 Å². The van der Waals surface area contributed by atoms with Gasteiger partial charge in [-0.05, 0) is 12.1 Å². The van der Waals surface area contributed by atoms with E-state index in [9.17, 15) is 17.6 Å². The molecule has 0 aliphatic heterocycles. The molecular weight excluding hydrogens is 320 g/mol. The van der Waals surface area contributed by atoms with Gasteiger partial charge in [-0.3, -0.25) is 4.79 Å². The van der Waals surface area contributed by atoms with E-state index in [1.165, 1.54) is 7.05 Å². The van der Waals surface area contributed by atoms with E-state index < -0.39 is 31.7 Å². The number of sulfonamides is 1. The van der Waals surface area contributed by atoms with E-state index in [2.05, 4.69) is 0 Å². The Balaban J connectivity index is 3.14. The van der Waals surface area contributed by atoms with E-state index in [0.29, 0.717) is 0 Å². The Morgan fingerprint density at radius 3 is 2.53 bits per heavy atom. The number of carbonyl (C=O) groups is 1. The molecule has 1 aromatic carbocycles. The number of benzene rings is 1. The first-order valence-electron chi connectivity index (χ1n) is 4.99. The number of hydrogen-bond acceptors (Lipinski definition) is 3. The molecule has 0 unspecified atom stereocenters. The van der Waals surface area contributed by atoms with Crippen molar-refractivity contribution in [3.05, 3.63) is 28.0 Å². The van der Waals surface area contributed by atoms with Crippen LogP contribution < -0.4 is 0 Å². The standard InChI is InChI=1S/C10H10Cl2FNO4S/c1-14(5-4-8(15)16)19(17,18)7-3-2-6(11)10(13)9(7)12/h2-3H,4-5H2,1H3,(H,15,16). The van der Waals surface area contributed by atoms with Crippen molar-refractivity contribution in [3.8, 4) is 0 Å². The van der Waals surface area contributed by atoms with E-state index in [1.54, 1.807) is 0 Å². The Hall–Kier alpha value is -0.890. The quantitative estimate of drug-likeness (QED) is 0.840. The van der Waals surface area contributed by atoms with Gasteiger partial charge in [-0.1, -0.05) is 23.2 Å². The summed E-state index contributed by atoms with van der Waals surface area (Å²) in [5.41, 5.74) is 0. The highest BCUT2D eigenvalue weighted by Gasteiger charge is 2.26. The van der Waals surface area contributed by atoms with E-state index in [0.717, 1.165) is 16.4 Å². The fourth-order valence-corrected chi connectivity index (χ4v) is 3.14. The Kier molecular flexibility index (Phi) is 5.14. The molecule has 0 saturated heterocycles. The molecule has 0 aliphatic rings. The second-order valence-corrected chi connectivity index (χ2v) is 6.44. The Bertz CT molecular complexity index is 606. The van der Waals surface area contributed by atoms with E-state index in [1.807, 2.05) is 0 Å². The summed E-state index contributed by atoms with van der Waals surface area (Å²) in [6.07, 6.45) is -0.372. The lowest BCUT2D eigenvalue weighted by atomic mass is 10.3. The van der Waals surface area contributed by atoms with Gasteiger partial charge in [-0.2, -0.15) is 0 Å². The molecule has 0 spiro atoms. The summed E-state index contributed by atoms with van der Waals surface area (Å²) in [6.45, 7) is -0.252. The number of nitrogens with zero attached hydrogens (tertiary/aromatic N) is 1. The molecular formula is C10H10Cl2FNO4S. The maximum Gasteiger partial charge on any atom is 0.304 e. The van der Waals surface area contributed by atoms with E-state index >= 15 is 0 Å². The fraction of sp³-hybridized carbons (Fsp3) is 0.300. The van der Waals surface area contributed by atoms with Gasteiger partial charge in [0.25, 0.3) is 0 Å². The van der Waals surface area contributed by atoms with Crippen LogP contribution in [-0.2, 0) is 14.8 Å². The third-order valence-electron chi connectivity index (χ3n) is 2.33. The second kappa shape index (κ2) is 6.04. The lowest BCUT2D eigenvalue weighted by Crippen LogP contribution is -2.29. The maximum absolute atomic E-state index is 13.5. The van der Waals surface area contributed by atoms with Gasteiger partial charge in [0.05, 0.1) is 16.5 Å². The molecule has 1 N–H and O–H groups in total. The minimum absolute atomic E-state index is 0.252. The van der Waals surface area contributed by atoms with Gasteiger partial charge in [-0.15, -0.1) is 0 Å². The molecule has 5 nitrogen and oxygen atoms in total. The third-order valence-corrected chi connectivity index (χ3v) is 5.00. The van der Waals surface area contributed by atoms with Crippen molar-refractivity contribution < 1.29 is 22.7 Å². The SMILES string of the molecule is CN(CCC(=O)O)S(=O)(=O)c1ccc(Cl)c(F)c1Cl. The number of carboxylic acids is 1. The number of aliphatic carboxylic acids is 1. The lowest BCUT2D eigenvalue weighted by molar-refractivity contribution is -0.137. The summed E-state index contributed by atoms with van der Waals surface area (Å²) in [4.78, 5) is 9.95. The molecule has 0 radical (unpaired) electrons. The predicted molar refractivity (Wildman–Crippen MR) is 68.5 cm³/mol. The highest BCUT2D eigenvalue weighted by atomic mass is 35.5. The second-order valence-electron chi connectivity index (χ2n) is 3.64. The summed E-state index contributed by atoms with van der Waals surface area (Å²) >= 11 is 11.1. The number of carboxylic acid groups (broad SMARTS) is 1. The monoisotopic (exact) mass is 329 g/mol. The first kappa shape index (κ1) is 16.2. The van der Waals surface area contributed by atoms with Crippen molar-refractivity contribution in [1.82, 2.24) is 4.31 Å². The predicted octanol–water partition coefficient (Wildman–Crippen LogP) is 2.23. The van der Waals surface area contributed by atoms with Gasteiger partial charge in [-0.25, -0.2) is 17.1 Å². The minimum Gasteiger partial charge on any atom is -0.481 e. The largest absolute Gasteiger partial charge is 0.481 e. The van der Waals surface area contributed by atoms with Crippen LogP contribution in [0, 0.1) is 5.82 Å². The zero-order valence-corrected chi connectivity index (χ0v) is 12.1. The molecule has 0 aromatic heterocycles. The number of halogens is 3. The molecule has 0 heterocycles. The molecule has 0 saturated carbocycles. The van der Waals surface area contributed by atoms with Crippen molar-refractivity contribution in [2.24, 2.45) is 0 Å². The average Bonchev–Trinajstić information content (AvgIpc) is 2.32. The third kappa shape index (κ3) is 3.56. The van der Waals surface area contributed by atoms with Crippen molar-refractivity contribution >= 4 is 39.2 Å². The summed E-state index contributed by atoms with van der Waals surface area (Å²) in [7, 11) is -2.88. The average molecular weight is 330 g/mol. The van der Waals surface area contributed by atoms with Crippen molar-refractivity contribution in [3.63, 3.8) is 0 Å². The van der Waals surface area contributed by atoms with Crippen LogP contribution in [0.5, 0.6) is 0 Å². The molecule has 0 atom stereocenters. The normalized spacial score (nSPS) is 11.8. The van der Waals surface area contributed by atoms with Gasteiger partial charge >= 0.3 is 5.97 Å². The van der Waals surface area contributed by atoms with Crippen LogP contribution in [0.4, 0.5) is 4.39 Å². The van der Waals surface area contributed by atoms with Gasteiger partial charge in [0.15, 0.2) is 5.82 Å². The molecule has 0 bridgehead atoms. The van der Waals surface area contributed by atoms with Crippen LogP contribution in [0.3, 0.4) is 0 Å². The minimum atomic E-state index is -4.07. The van der Waals surface area contributed by atoms with Crippen LogP contribution >= 0.6 is 23.2 Å². The van der Waals surface area contributed by atoms with Crippen LogP contribution in [-0.4, -0.2) is 37.4 Å². The summed E-state index contributed by atoms with van der Waals surface area (Å²) in [5, 5.41) is 7.60. The molecule has 19 heavy (non-hydrogen) atoms. The van der Waals surface area contributed by atoms with Crippen molar-refractivity contribution in [2.75, 3.05) is 13.6 Å². The summed E-state index contributed by atoms with van der Waals surface area (Å²) in [6, 6.07) is 2.14.